The maximum Gasteiger partial charge on any atom is 0.0518 e. The fraction of sp³-hybridized carbons (Fsp3) is 0.667. The Bertz CT molecular complexity index is 381. The predicted molar refractivity (Wildman–Crippen MR) is 85.1 cm³/mol. The van der Waals surface area contributed by atoms with Crippen molar-refractivity contribution < 1.29 is 4.74 Å². The molecule has 112 valence electrons. The fourth-order valence-electron chi connectivity index (χ4n) is 2.42. The molecule has 0 spiro atoms. The van der Waals surface area contributed by atoms with E-state index in [4.69, 9.17) is 4.74 Å². The normalized spacial score (nSPS) is 16.6. The minimum absolute atomic E-state index is 0.339. The SMILES string of the molecule is Cc1ccc(CC(CCOC(C)C)CNC2CC2)cc1. The van der Waals surface area contributed by atoms with Crippen molar-refractivity contribution in [2.75, 3.05) is 13.2 Å². The first-order chi connectivity index (χ1) is 9.63. The van der Waals surface area contributed by atoms with E-state index in [1.165, 1.54) is 24.0 Å². The summed E-state index contributed by atoms with van der Waals surface area (Å²) < 4.78 is 5.72. The zero-order chi connectivity index (χ0) is 14.4. The molecule has 1 aliphatic carbocycles. The topological polar surface area (TPSA) is 21.3 Å². The molecular weight excluding hydrogens is 246 g/mol. The lowest BCUT2D eigenvalue weighted by Crippen LogP contribution is -2.27. The van der Waals surface area contributed by atoms with Crippen LogP contribution >= 0.6 is 0 Å². The number of hydrogen-bond acceptors (Lipinski definition) is 2. The van der Waals surface area contributed by atoms with Crippen LogP contribution in [-0.2, 0) is 11.2 Å². The summed E-state index contributed by atoms with van der Waals surface area (Å²) in [5.74, 6) is 0.678. The van der Waals surface area contributed by atoms with E-state index in [0.29, 0.717) is 12.0 Å². The molecule has 0 saturated heterocycles. The lowest BCUT2D eigenvalue weighted by Gasteiger charge is -2.19. The molecule has 0 heterocycles. The van der Waals surface area contributed by atoms with Gasteiger partial charge in [0.25, 0.3) is 0 Å². The Labute approximate surface area is 123 Å². The Hall–Kier alpha value is -0.860. The molecule has 1 aromatic rings. The summed E-state index contributed by atoms with van der Waals surface area (Å²) in [6, 6.07) is 9.75. The number of nitrogens with one attached hydrogen (secondary N) is 1. The Morgan fingerprint density at radius 3 is 2.50 bits per heavy atom. The van der Waals surface area contributed by atoms with Crippen LogP contribution in [0.3, 0.4) is 0 Å². The van der Waals surface area contributed by atoms with Gasteiger partial charge in [-0.1, -0.05) is 29.8 Å². The van der Waals surface area contributed by atoms with E-state index < -0.39 is 0 Å². The summed E-state index contributed by atoms with van der Waals surface area (Å²) >= 11 is 0. The lowest BCUT2D eigenvalue weighted by atomic mass is 9.95. The molecule has 1 unspecified atom stereocenters. The van der Waals surface area contributed by atoms with Crippen LogP contribution in [-0.4, -0.2) is 25.3 Å². The van der Waals surface area contributed by atoms with E-state index >= 15 is 0 Å². The van der Waals surface area contributed by atoms with E-state index in [-0.39, 0.29) is 0 Å². The van der Waals surface area contributed by atoms with Crippen LogP contribution in [0.1, 0.15) is 44.2 Å². The molecule has 0 bridgehead atoms. The second kappa shape index (κ2) is 7.80. The zero-order valence-electron chi connectivity index (χ0n) is 13.2. The molecule has 0 aromatic heterocycles. The van der Waals surface area contributed by atoms with Gasteiger partial charge in [0.2, 0.25) is 0 Å². The van der Waals surface area contributed by atoms with Gasteiger partial charge in [0.15, 0.2) is 0 Å². The second-order valence-electron chi connectivity index (χ2n) is 6.45. The third-order valence-corrected chi connectivity index (χ3v) is 3.89. The molecule has 20 heavy (non-hydrogen) atoms. The van der Waals surface area contributed by atoms with Crippen LogP contribution in [0.25, 0.3) is 0 Å². The number of ether oxygens (including phenoxy) is 1. The van der Waals surface area contributed by atoms with Crippen LogP contribution in [0.4, 0.5) is 0 Å². The first-order valence-corrected chi connectivity index (χ1v) is 8.04. The Balaban J connectivity index is 1.81. The fourth-order valence-corrected chi connectivity index (χ4v) is 2.42. The molecule has 0 aliphatic heterocycles. The highest BCUT2D eigenvalue weighted by Gasteiger charge is 2.22. The van der Waals surface area contributed by atoms with Gasteiger partial charge in [-0.05, 0) is 64.5 Å². The molecule has 2 nitrogen and oxygen atoms in total. The summed E-state index contributed by atoms with van der Waals surface area (Å²) in [5.41, 5.74) is 2.78. The summed E-state index contributed by atoms with van der Waals surface area (Å²) in [5, 5.41) is 3.67. The molecule has 0 amide bonds. The highest BCUT2D eigenvalue weighted by atomic mass is 16.5. The van der Waals surface area contributed by atoms with E-state index in [0.717, 1.165) is 32.0 Å². The maximum atomic E-state index is 5.72. The maximum absolute atomic E-state index is 5.72. The summed E-state index contributed by atoms with van der Waals surface area (Å²) in [6.45, 7) is 8.36. The van der Waals surface area contributed by atoms with Gasteiger partial charge >= 0.3 is 0 Å². The van der Waals surface area contributed by atoms with Crippen LogP contribution in [0.2, 0.25) is 0 Å². The molecule has 1 atom stereocenters. The first kappa shape index (κ1) is 15.5. The Kier molecular flexibility index (Phi) is 6.06. The van der Waals surface area contributed by atoms with Crippen molar-refractivity contribution in [1.29, 1.82) is 0 Å². The van der Waals surface area contributed by atoms with Crippen LogP contribution in [0, 0.1) is 12.8 Å². The number of aryl methyl sites for hydroxylation is 1. The molecule has 1 aromatic carbocycles. The van der Waals surface area contributed by atoms with Crippen molar-refractivity contribution >= 4 is 0 Å². The van der Waals surface area contributed by atoms with E-state index in [1.807, 2.05) is 0 Å². The molecule has 2 heteroatoms. The summed E-state index contributed by atoms with van der Waals surface area (Å²) in [4.78, 5) is 0. The van der Waals surface area contributed by atoms with Crippen LogP contribution in [0.15, 0.2) is 24.3 Å². The molecular formula is C18H29NO. The van der Waals surface area contributed by atoms with Gasteiger partial charge in [-0.2, -0.15) is 0 Å². The average Bonchev–Trinajstić information content (AvgIpc) is 3.22. The average molecular weight is 275 g/mol. The third-order valence-electron chi connectivity index (χ3n) is 3.89. The molecule has 1 aliphatic rings. The molecule has 1 N–H and O–H groups in total. The number of hydrogen-bond donors (Lipinski definition) is 1. The summed E-state index contributed by atoms with van der Waals surface area (Å²) in [7, 11) is 0. The largest absolute Gasteiger partial charge is 0.379 e. The highest BCUT2D eigenvalue weighted by Crippen LogP contribution is 2.20. The van der Waals surface area contributed by atoms with Gasteiger partial charge < -0.3 is 10.1 Å². The smallest absolute Gasteiger partial charge is 0.0518 e. The summed E-state index contributed by atoms with van der Waals surface area (Å²) in [6.07, 6.45) is 5.36. The van der Waals surface area contributed by atoms with Gasteiger partial charge in [-0.3, -0.25) is 0 Å². The van der Waals surface area contributed by atoms with Crippen molar-refractivity contribution in [1.82, 2.24) is 5.32 Å². The zero-order valence-corrected chi connectivity index (χ0v) is 13.2. The van der Waals surface area contributed by atoms with Crippen molar-refractivity contribution in [3.05, 3.63) is 35.4 Å². The monoisotopic (exact) mass is 275 g/mol. The van der Waals surface area contributed by atoms with Crippen molar-refractivity contribution in [3.8, 4) is 0 Å². The lowest BCUT2D eigenvalue weighted by molar-refractivity contribution is 0.0682. The van der Waals surface area contributed by atoms with E-state index in [2.05, 4.69) is 50.4 Å². The van der Waals surface area contributed by atoms with Gasteiger partial charge in [-0.25, -0.2) is 0 Å². The standard InChI is InChI=1S/C18H29NO/c1-14(2)20-11-10-17(13-19-18-8-9-18)12-16-6-4-15(3)5-7-16/h4-7,14,17-19H,8-13H2,1-3H3. The van der Waals surface area contributed by atoms with Gasteiger partial charge in [0, 0.05) is 12.6 Å². The van der Waals surface area contributed by atoms with E-state index in [1.54, 1.807) is 0 Å². The Morgan fingerprint density at radius 2 is 1.90 bits per heavy atom. The predicted octanol–water partition coefficient (Wildman–Crippen LogP) is 3.72. The van der Waals surface area contributed by atoms with Crippen LogP contribution < -0.4 is 5.32 Å². The minimum Gasteiger partial charge on any atom is -0.379 e. The molecule has 1 fully saturated rings. The number of rotatable bonds is 9. The van der Waals surface area contributed by atoms with E-state index in [9.17, 15) is 0 Å². The highest BCUT2D eigenvalue weighted by molar-refractivity contribution is 5.21. The molecule has 1 saturated carbocycles. The Morgan fingerprint density at radius 1 is 1.20 bits per heavy atom. The van der Waals surface area contributed by atoms with Gasteiger partial charge in [-0.15, -0.1) is 0 Å². The van der Waals surface area contributed by atoms with Crippen LogP contribution in [0.5, 0.6) is 0 Å². The second-order valence-corrected chi connectivity index (χ2v) is 6.45. The van der Waals surface area contributed by atoms with Gasteiger partial charge in [0.1, 0.15) is 0 Å². The minimum atomic E-state index is 0.339. The quantitative estimate of drug-likeness (QED) is 0.741. The van der Waals surface area contributed by atoms with Gasteiger partial charge in [0.05, 0.1) is 6.10 Å². The van der Waals surface area contributed by atoms with Crippen molar-refractivity contribution in [2.24, 2.45) is 5.92 Å². The molecule has 0 radical (unpaired) electrons. The van der Waals surface area contributed by atoms with Crippen molar-refractivity contribution in [3.63, 3.8) is 0 Å². The first-order valence-electron chi connectivity index (χ1n) is 8.04. The molecule has 2 rings (SSSR count). The third kappa shape index (κ3) is 6.06. The number of benzene rings is 1. The van der Waals surface area contributed by atoms with Crippen molar-refractivity contribution in [2.45, 2.75) is 58.6 Å².